The number of aromatic hydroxyl groups is 1. The summed E-state index contributed by atoms with van der Waals surface area (Å²) in [6.07, 6.45) is 1.13. The van der Waals surface area contributed by atoms with Crippen molar-refractivity contribution < 1.29 is 13.5 Å². The van der Waals surface area contributed by atoms with E-state index in [9.17, 15) is 13.5 Å². The van der Waals surface area contributed by atoms with Crippen molar-refractivity contribution in [2.45, 2.75) is 37.5 Å². The summed E-state index contributed by atoms with van der Waals surface area (Å²) in [4.78, 5) is 0.861. The second-order valence-electron chi connectivity index (χ2n) is 7.98. The number of nitrogen functional groups attached to an aromatic ring is 1. The van der Waals surface area contributed by atoms with E-state index in [-0.39, 0.29) is 35.1 Å². The Bertz CT molecular complexity index is 1160. The minimum atomic E-state index is -4.00. The summed E-state index contributed by atoms with van der Waals surface area (Å²) in [5.41, 5.74) is 8.08. The molecule has 0 saturated carbocycles. The molecule has 32 heavy (non-hydrogen) atoms. The normalized spacial score (nSPS) is 11.9. The number of hydrogen-bond donors (Lipinski definition) is 3. The summed E-state index contributed by atoms with van der Waals surface area (Å²) < 4.78 is 28.4. The van der Waals surface area contributed by atoms with Gasteiger partial charge in [-0.2, -0.15) is 4.31 Å². The molecule has 3 aromatic rings. The Morgan fingerprint density at radius 2 is 1.78 bits per heavy atom. The molecule has 1 heterocycles. The highest BCUT2D eigenvalue weighted by atomic mass is 32.2. The molecule has 170 valence electrons. The zero-order valence-corrected chi connectivity index (χ0v) is 19.9. The van der Waals surface area contributed by atoms with E-state index in [0.717, 1.165) is 10.4 Å². The third-order valence-electron chi connectivity index (χ3n) is 5.37. The van der Waals surface area contributed by atoms with Crippen molar-refractivity contribution in [3.8, 4) is 5.75 Å². The van der Waals surface area contributed by atoms with Crippen molar-refractivity contribution in [2.75, 3.05) is 13.1 Å². The Kier molecular flexibility index (Phi) is 7.71. The fourth-order valence-electron chi connectivity index (χ4n) is 3.39. The predicted octanol–water partition coefficient (Wildman–Crippen LogP) is 4.34. The first-order chi connectivity index (χ1) is 15.2. The summed E-state index contributed by atoms with van der Waals surface area (Å²) in [5, 5.41) is 19.9. The first kappa shape index (κ1) is 24.0. The van der Waals surface area contributed by atoms with Crippen molar-refractivity contribution in [3.63, 3.8) is 0 Å². The number of benzene rings is 2. The van der Waals surface area contributed by atoms with Crippen LogP contribution in [0.5, 0.6) is 5.75 Å². The van der Waals surface area contributed by atoms with Crippen LogP contribution in [0.25, 0.3) is 0 Å². The molecule has 4 N–H and O–H groups in total. The SMILES string of the molecule is CC(C)c1ccc(CCN(CCc2cccs2)S(=O)(=O)c2cc(C(=N)N)ccc2O)cc1. The minimum absolute atomic E-state index is 0.230. The van der Waals surface area contributed by atoms with Crippen LogP contribution >= 0.6 is 11.3 Å². The summed E-state index contributed by atoms with van der Waals surface area (Å²) in [5.74, 6) is -0.169. The smallest absolute Gasteiger partial charge is 0.246 e. The number of hydrogen-bond acceptors (Lipinski definition) is 5. The van der Waals surface area contributed by atoms with Crippen LogP contribution in [0.3, 0.4) is 0 Å². The summed E-state index contributed by atoms with van der Waals surface area (Å²) >= 11 is 1.58. The number of thiophene rings is 1. The summed E-state index contributed by atoms with van der Waals surface area (Å²) in [6, 6.07) is 16.1. The molecule has 0 spiro atoms. The molecule has 0 radical (unpaired) electrons. The third kappa shape index (κ3) is 5.76. The van der Waals surface area contributed by atoms with Crippen LogP contribution in [-0.2, 0) is 22.9 Å². The van der Waals surface area contributed by atoms with Crippen molar-refractivity contribution in [2.24, 2.45) is 5.73 Å². The van der Waals surface area contributed by atoms with Gasteiger partial charge in [0.1, 0.15) is 16.5 Å². The van der Waals surface area contributed by atoms with Gasteiger partial charge in [0.05, 0.1) is 0 Å². The van der Waals surface area contributed by atoms with Crippen LogP contribution in [0.2, 0.25) is 0 Å². The van der Waals surface area contributed by atoms with Gasteiger partial charge in [-0.1, -0.05) is 44.2 Å². The fourth-order valence-corrected chi connectivity index (χ4v) is 5.64. The number of nitrogens with zero attached hydrogens (tertiary/aromatic N) is 1. The lowest BCUT2D eigenvalue weighted by Crippen LogP contribution is -2.35. The van der Waals surface area contributed by atoms with E-state index in [4.69, 9.17) is 11.1 Å². The highest BCUT2D eigenvalue weighted by Gasteiger charge is 2.28. The Balaban J connectivity index is 1.87. The lowest BCUT2D eigenvalue weighted by molar-refractivity contribution is 0.409. The van der Waals surface area contributed by atoms with E-state index < -0.39 is 10.0 Å². The van der Waals surface area contributed by atoms with E-state index in [1.165, 1.54) is 28.1 Å². The number of sulfonamides is 1. The van der Waals surface area contributed by atoms with E-state index in [2.05, 4.69) is 26.0 Å². The predicted molar refractivity (Wildman–Crippen MR) is 130 cm³/mol. The van der Waals surface area contributed by atoms with Crippen LogP contribution in [0.1, 0.15) is 41.3 Å². The van der Waals surface area contributed by atoms with Crippen molar-refractivity contribution >= 4 is 27.2 Å². The molecule has 0 aliphatic rings. The maximum Gasteiger partial charge on any atom is 0.246 e. The van der Waals surface area contributed by atoms with Crippen molar-refractivity contribution in [3.05, 3.63) is 81.5 Å². The number of nitrogens with two attached hydrogens (primary N) is 1. The zero-order valence-electron chi connectivity index (χ0n) is 18.3. The first-order valence-electron chi connectivity index (χ1n) is 10.5. The Morgan fingerprint density at radius 1 is 1.09 bits per heavy atom. The van der Waals surface area contributed by atoms with Gasteiger partial charge in [0, 0.05) is 23.5 Å². The van der Waals surface area contributed by atoms with Gasteiger partial charge in [0.25, 0.3) is 0 Å². The number of phenolic OH excluding ortho intramolecular Hbond substituents is 1. The lowest BCUT2D eigenvalue weighted by Gasteiger charge is -2.23. The van der Waals surface area contributed by atoms with E-state index >= 15 is 0 Å². The molecule has 6 nitrogen and oxygen atoms in total. The van der Waals surface area contributed by atoms with Crippen LogP contribution in [0, 0.1) is 5.41 Å². The molecule has 0 saturated heterocycles. The van der Waals surface area contributed by atoms with Gasteiger partial charge in [-0.05, 0) is 59.5 Å². The highest BCUT2D eigenvalue weighted by Crippen LogP contribution is 2.28. The van der Waals surface area contributed by atoms with Gasteiger partial charge >= 0.3 is 0 Å². The van der Waals surface area contributed by atoms with Gasteiger partial charge in [-0.3, -0.25) is 5.41 Å². The second kappa shape index (κ2) is 10.3. The zero-order chi connectivity index (χ0) is 23.3. The van der Waals surface area contributed by atoms with E-state index in [0.29, 0.717) is 18.8 Å². The molecular weight excluding hydrogens is 442 g/mol. The number of amidine groups is 1. The molecule has 0 amide bonds. The van der Waals surface area contributed by atoms with Crippen LogP contribution in [-0.4, -0.2) is 36.8 Å². The Morgan fingerprint density at radius 3 is 2.38 bits per heavy atom. The Hall–Kier alpha value is -2.68. The molecular formula is C24H29N3O3S2. The molecule has 0 unspecified atom stereocenters. The average molecular weight is 472 g/mol. The topological polar surface area (TPSA) is 107 Å². The summed E-state index contributed by atoms with van der Waals surface area (Å²) in [7, 11) is -4.00. The lowest BCUT2D eigenvalue weighted by atomic mass is 10.0. The van der Waals surface area contributed by atoms with Crippen molar-refractivity contribution in [1.82, 2.24) is 4.31 Å². The molecule has 0 fully saturated rings. The average Bonchev–Trinajstić information content (AvgIpc) is 3.27. The van der Waals surface area contributed by atoms with Crippen molar-refractivity contribution in [1.29, 1.82) is 5.41 Å². The van der Waals surface area contributed by atoms with Gasteiger partial charge in [-0.15, -0.1) is 11.3 Å². The van der Waals surface area contributed by atoms with Gasteiger partial charge in [0.2, 0.25) is 10.0 Å². The van der Waals surface area contributed by atoms with Crippen LogP contribution in [0.15, 0.2) is 64.9 Å². The van der Waals surface area contributed by atoms with Crippen LogP contribution in [0.4, 0.5) is 0 Å². The molecule has 0 aliphatic carbocycles. The second-order valence-corrected chi connectivity index (χ2v) is 10.9. The number of rotatable bonds is 10. The van der Waals surface area contributed by atoms with E-state index in [1.54, 1.807) is 11.3 Å². The standard InChI is InChI=1S/C24H29N3O3S2/c1-17(2)19-7-5-18(6-8-19)11-13-27(14-12-21-4-3-15-31-21)32(29,30)23-16-20(24(25)26)9-10-22(23)28/h3-10,15-17,28H,11-14H2,1-2H3,(H3,25,26). The monoisotopic (exact) mass is 471 g/mol. The minimum Gasteiger partial charge on any atom is -0.507 e. The molecule has 1 aromatic heterocycles. The van der Waals surface area contributed by atoms with Gasteiger partial charge in [-0.25, -0.2) is 8.42 Å². The van der Waals surface area contributed by atoms with E-state index in [1.807, 2.05) is 29.6 Å². The highest BCUT2D eigenvalue weighted by molar-refractivity contribution is 7.89. The molecule has 0 aliphatic heterocycles. The summed E-state index contributed by atoms with van der Waals surface area (Å²) in [6.45, 7) is 4.83. The molecule has 0 atom stereocenters. The van der Waals surface area contributed by atoms with Gasteiger partial charge in [0.15, 0.2) is 0 Å². The number of phenols is 1. The van der Waals surface area contributed by atoms with Crippen LogP contribution < -0.4 is 5.73 Å². The maximum atomic E-state index is 13.5. The molecule has 0 bridgehead atoms. The third-order valence-corrected chi connectivity index (χ3v) is 8.24. The molecule has 3 rings (SSSR count). The molecule has 2 aromatic carbocycles. The quantitative estimate of drug-likeness (QED) is 0.302. The largest absolute Gasteiger partial charge is 0.507 e. The molecule has 8 heteroatoms. The first-order valence-corrected chi connectivity index (χ1v) is 12.8. The maximum absolute atomic E-state index is 13.5. The fraction of sp³-hybridized carbons (Fsp3) is 0.292. The number of nitrogens with one attached hydrogen (secondary N) is 1. The Labute approximate surface area is 193 Å². The van der Waals surface area contributed by atoms with Gasteiger partial charge < -0.3 is 10.8 Å².